The maximum absolute atomic E-state index is 12.9. The van der Waals surface area contributed by atoms with E-state index in [1.165, 1.54) is 17.4 Å². The topological polar surface area (TPSA) is 72.9 Å². The van der Waals surface area contributed by atoms with Gasteiger partial charge in [-0.1, -0.05) is 17.4 Å². The average molecular weight is 415 g/mol. The van der Waals surface area contributed by atoms with Crippen LogP contribution in [0.5, 0.6) is 0 Å². The second-order valence-corrected chi connectivity index (χ2v) is 7.23. The quantitative estimate of drug-likeness (QED) is 0.473. The fourth-order valence-corrected chi connectivity index (χ4v) is 3.79. The van der Waals surface area contributed by atoms with E-state index in [-0.39, 0.29) is 0 Å². The summed E-state index contributed by atoms with van der Waals surface area (Å²) in [6.45, 7) is 0.434. The normalized spacial score (nSPS) is 12.1. The third kappa shape index (κ3) is 3.29. The number of pyridine rings is 1. The molecule has 0 aliphatic heterocycles. The predicted octanol–water partition coefficient (Wildman–Crippen LogP) is 4.35. The van der Waals surface area contributed by atoms with Crippen molar-refractivity contribution in [2.24, 2.45) is 0 Å². The van der Waals surface area contributed by atoms with Gasteiger partial charge in [0.05, 0.1) is 23.1 Å². The van der Waals surface area contributed by atoms with Gasteiger partial charge in [-0.3, -0.25) is 4.98 Å². The molecular weight excluding hydrogens is 403 g/mol. The SMILES string of the molecule is FC(F)(F)c1cccc(Nc2nn3c(Cn4ccc5ncccc54)nnc3s2)c1. The Morgan fingerprint density at radius 2 is 1.97 bits per heavy atom. The van der Waals surface area contributed by atoms with Gasteiger partial charge < -0.3 is 9.88 Å². The fourth-order valence-electron chi connectivity index (χ4n) is 3.01. The molecule has 0 atom stereocenters. The summed E-state index contributed by atoms with van der Waals surface area (Å²) in [7, 11) is 0. The minimum Gasteiger partial charge on any atom is -0.338 e. The van der Waals surface area contributed by atoms with Gasteiger partial charge in [0.1, 0.15) is 0 Å². The van der Waals surface area contributed by atoms with Crippen LogP contribution in [0.25, 0.3) is 16.0 Å². The number of hydrogen-bond acceptors (Lipinski definition) is 6. The summed E-state index contributed by atoms with van der Waals surface area (Å²) < 4.78 is 42.3. The number of hydrogen-bond donors (Lipinski definition) is 1. The molecule has 1 aromatic carbocycles. The molecule has 29 heavy (non-hydrogen) atoms. The van der Waals surface area contributed by atoms with Gasteiger partial charge in [-0.25, -0.2) is 0 Å². The summed E-state index contributed by atoms with van der Waals surface area (Å²) in [6, 6.07) is 10.7. The number of halogens is 3. The Morgan fingerprint density at radius 1 is 1.07 bits per heavy atom. The minimum absolute atomic E-state index is 0.300. The highest BCUT2D eigenvalue weighted by molar-refractivity contribution is 7.20. The van der Waals surface area contributed by atoms with Gasteiger partial charge in [0, 0.05) is 18.1 Å². The number of benzene rings is 1. The van der Waals surface area contributed by atoms with Crippen LogP contribution in [0.4, 0.5) is 24.0 Å². The summed E-state index contributed by atoms with van der Waals surface area (Å²) >= 11 is 1.21. The molecule has 0 aliphatic rings. The monoisotopic (exact) mass is 415 g/mol. The first kappa shape index (κ1) is 17.6. The van der Waals surface area contributed by atoms with Crippen LogP contribution in [0.1, 0.15) is 11.4 Å². The van der Waals surface area contributed by atoms with Crippen LogP contribution in [0, 0.1) is 0 Å². The lowest BCUT2D eigenvalue weighted by atomic mass is 10.2. The van der Waals surface area contributed by atoms with Crippen LogP contribution in [0.2, 0.25) is 0 Å². The lowest BCUT2D eigenvalue weighted by Crippen LogP contribution is -2.05. The highest BCUT2D eigenvalue weighted by Crippen LogP contribution is 2.32. The smallest absolute Gasteiger partial charge is 0.338 e. The maximum Gasteiger partial charge on any atom is 0.416 e. The van der Waals surface area contributed by atoms with Crippen molar-refractivity contribution in [3.63, 3.8) is 0 Å². The lowest BCUT2D eigenvalue weighted by Gasteiger charge is -2.08. The van der Waals surface area contributed by atoms with Crippen molar-refractivity contribution in [1.82, 2.24) is 29.4 Å². The van der Waals surface area contributed by atoms with Crippen LogP contribution in [0.15, 0.2) is 54.9 Å². The predicted molar refractivity (Wildman–Crippen MR) is 102 cm³/mol. The Morgan fingerprint density at radius 3 is 2.83 bits per heavy atom. The number of anilines is 2. The summed E-state index contributed by atoms with van der Waals surface area (Å²) in [5, 5.41) is 16.0. The van der Waals surface area contributed by atoms with Crippen molar-refractivity contribution in [2.75, 3.05) is 5.32 Å². The number of rotatable bonds is 4. The highest BCUT2D eigenvalue weighted by atomic mass is 32.1. The molecular formula is C18H12F3N7S. The van der Waals surface area contributed by atoms with Gasteiger partial charge in [0.2, 0.25) is 10.1 Å². The average Bonchev–Trinajstić information content (AvgIpc) is 3.38. The second-order valence-electron chi connectivity index (χ2n) is 6.27. The van der Waals surface area contributed by atoms with Crippen molar-refractivity contribution in [1.29, 1.82) is 0 Å². The zero-order valence-corrected chi connectivity index (χ0v) is 15.4. The first-order valence-corrected chi connectivity index (χ1v) is 9.34. The zero-order valence-electron chi connectivity index (χ0n) is 14.6. The van der Waals surface area contributed by atoms with Gasteiger partial charge in [-0.15, -0.1) is 15.3 Å². The van der Waals surface area contributed by atoms with Crippen molar-refractivity contribution < 1.29 is 13.2 Å². The van der Waals surface area contributed by atoms with E-state index in [4.69, 9.17) is 0 Å². The van der Waals surface area contributed by atoms with Crippen molar-refractivity contribution >= 4 is 38.2 Å². The van der Waals surface area contributed by atoms with E-state index in [2.05, 4.69) is 25.6 Å². The third-order valence-electron chi connectivity index (χ3n) is 4.35. The van der Waals surface area contributed by atoms with Gasteiger partial charge >= 0.3 is 6.18 Å². The molecule has 4 aromatic heterocycles. The van der Waals surface area contributed by atoms with E-state index >= 15 is 0 Å². The Kier molecular flexibility index (Phi) is 3.98. The first-order chi connectivity index (χ1) is 14.0. The maximum atomic E-state index is 12.9. The molecule has 0 fully saturated rings. The molecule has 0 unspecified atom stereocenters. The van der Waals surface area contributed by atoms with Crippen LogP contribution in [-0.2, 0) is 12.7 Å². The number of aromatic nitrogens is 6. The third-order valence-corrected chi connectivity index (χ3v) is 5.16. The summed E-state index contributed by atoms with van der Waals surface area (Å²) in [6.07, 6.45) is -0.762. The Hall–Kier alpha value is -3.47. The highest BCUT2D eigenvalue weighted by Gasteiger charge is 2.30. The van der Waals surface area contributed by atoms with E-state index in [0.717, 1.165) is 23.2 Å². The van der Waals surface area contributed by atoms with E-state index in [1.807, 2.05) is 29.0 Å². The molecule has 0 spiro atoms. The second kappa shape index (κ2) is 6.55. The minimum atomic E-state index is -4.40. The van der Waals surface area contributed by atoms with Crippen LogP contribution in [0.3, 0.4) is 0 Å². The summed E-state index contributed by atoms with van der Waals surface area (Å²) in [5.74, 6) is 0.606. The van der Waals surface area contributed by atoms with Gasteiger partial charge in [-0.2, -0.15) is 17.7 Å². The van der Waals surface area contributed by atoms with Crippen molar-refractivity contribution in [2.45, 2.75) is 12.7 Å². The molecule has 4 heterocycles. The summed E-state index contributed by atoms with van der Waals surface area (Å²) in [5.41, 5.74) is 1.41. The number of nitrogens with zero attached hydrogens (tertiary/aromatic N) is 6. The zero-order chi connectivity index (χ0) is 20.0. The Labute approximate surface area is 165 Å². The molecule has 146 valence electrons. The molecule has 0 saturated carbocycles. The van der Waals surface area contributed by atoms with Crippen molar-refractivity contribution in [3.8, 4) is 0 Å². The van der Waals surface area contributed by atoms with E-state index < -0.39 is 11.7 Å². The molecule has 1 N–H and O–H groups in total. The Bertz CT molecular complexity index is 1320. The van der Waals surface area contributed by atoms with E-state index in [1.54, 1.807) is 16.8 Å². The van der Waals surface area contributed by atoms with E-state index in [0.29, 0.717) is 28.1 Å². The van der Waals surface area contributed by atoms with Gasteiger partial charge in [0.15, 0.2) is 5.82 Å². The van der Waals surface area contributed by atoms with Crippen LogP contribution >= 0.6 is 11.3 Å². The standard InChI is InChI=1S/C18H12F3N7S/c19-18(20,21)11-3-1-4-12(9-11)23-16-26-28-15(24-25-17(28)29-16)10-27-8-6-13-14(27)5-2-7-22-13/h1-9H,10H2,(H,23,26). The molecule has 0 saturated heterocycles. The molecule has 0 amide bonds. The van der Waals surface area contributed by atoms with E-state index in [9.17, 15) is 13.2 Å². The molecule has 11 heteroatoms. The molecule has 0 aliphatic carbocycles. The molecule has 0 radical (unpaired) electrons. The van der Waals surface area contributed by atoms with Crippen molar-refractivity contribution in [3.05, 3.63) is 66.2 Å². The molecule has 5 rings (SSSR count). The van der Waals surface area contributed by atoms with Crippen LogP contribution in [-0.4, -0.2) is 29.4 Å². The fraction of sp³-hybridized carbons (Fsp3) is 0.111. The largest absolute Gasteiger partial charge is 0.416 e. The van der Waals surface area contributed by atoms with Gasteiger partial charge in [0.25, 0.3) is 0 Å². The first-order valence-electron chi connectivity index (χ1n) is 8.53. The number of nitrogens with one attached hydrogen (secondary N) is 1. The summed E-state index contributed by atoms with van der Waals surface area (Å²) in [4.78, 5) is 4.85. The Balaban J connectivity index is 1.43. The molecule has 7 nitrogen and oxygen atoms in total. The van der Waals surface area contributed by atoms with Gasteiger partial charge in [-0.05, 0) is 36.4 Å². The molecule has 0 bridgehead atoms. The van der Waals surface area contributed by atoms with Crippen LogP contribution < -0.4 is 5.32 Å². The number of alkyl halides is 3. The lowest BCUT2D eigenvalue weighted by molar-refractivity contribution is -0.137. The number of fused-ring (bicyclic) bond motifs is 2. The molecule has 5 aromatic rings.